The molecule has 0 spiro atoms. The van der Waals surface area contributed by atoms with Gasteiger partial charge in [-0.1, -0.05) is 12.1 Å². The zero-order chi connectivity index (χ0) is 20.9. The molecule has 1 saturated heterocycles. The van der Waals surface area contributed by atoms with Gasteiger partial charge in [0, 0.05) is 38.4 Å². The summed E-state index contributed by atoms with van der Waals surface area (Å²) in [5, 5.41) is 11.7. The predicted octanol–water partition coefficient (Wildman–Crippen LogP) is 2.70. The van der Waals surface area contributed by atoms with E-state index < -0.39 is 24.3 Å². The standard InChI is InChI=1S/C18H24F3N3O4/c1-12-3-4-14(15(9-12)22-10-16(25)26)11-23-5-7-24(8-6-23)17(27)28-13(2)18(19,20)21/h3-4,9,13,22H,5-8,10-11H2,1-2H3,(H,25,26). The van der Waals surface area contributed by atoms with Crippen LogP contribution in [0.5, 0.6) is 0 Å². The van der Waals surface area contributed by atoms with Gasteiger partial charge in [-0.15, -0.1) is 0 Å². The van der Waals surface area contributed by atoms with Crippen molar-refractivity contribution in [3.63, 3.8) is 0 Å². The van der Waals surface area contributed by atoms with Crippen LogP contribution in [0.1, 0.15) is 18.1 Å². The molecule has 2 rings (SSSR count). The highest BCUT2D eigenvalue weighted by Crippen LogP contribution is 2.24. The first-order chi connectivity index (χ1) is 13.1. The van der Waals surface area contributed by atoms with Crippen LogP contribution in [0.2, 0.25) is 0 Å². The van der Waals surface area contributed by atoms with Crippen molar-refractivity contribution in [1.82, 2.24) is 9.80 Å². The van der Waals surface area contributed by atoms with Gasteiger partial charge in [-0.05, 0) is 31.0 Å². The van der Waals surface area contributed by atoms with Crippen molar-refractivity contribution in [2.24, 2.45) is 0 Å². The van der Waals surface area contributed by atoms with Gasteiger partial charge in [-0.2, -0.15) is 13.2 Å². The molecule has 1 fully saturated rings. The van der Waals surface area contributed by atoms with Gasteiger partial charge in [0.05, 0.1) is 0 Å². The van der Waals surface area contributed by atoms with Crippen LogP contribution in [0.4, 0.5) is 23.7 Å². The van der Waals surface area contributed by atoms with Gasteiger partial charge in [0.2, 0.25) is 0 Å². The maximum absolute atomic E-state index is 12.5. The number of ether oxygens (including phenoxy) is 1. The minimum absolute atomic E-state index is 0.201. The number of rotatable bonds is 6. The molecule has 0 saturated carbocycles. The first-order valence-corrected chi connectivity index (χ1v) is 8.86. The summed E-state index contributed by atoms with van der Waals surface area (Å²) < 4.78 is 42.0. The van der Waals surface area contributed by atoms with Crippen LogP contribution in [0.15, 0.2) is 18.2 Å². The van der Waals surface area contributed by atoms with E-state index in [1.165, 1.54) is 4.90 Å². The maximum atomic E-state index is 12.5. The fourth-order valence-electron chi connectivity index (χ4n) is 2.79. The summed E-state index contributed by atoms with van der Waals surface area (Å²) >= 11 is 0. The Kier molecular flexibility index (Phi) is 7.11. The van der Waals surface area contributed by atoms with Crippen LogP contribution in [0.3, 0.4) is 0 Å². The Bertz CT molecular complexity index is 704. The molecule has 1 aromatic carbocycles. The van der Waals surface area contributed by atoms with Crippen molar-refractivity contribution < 1.29 is 32.6 Å². The number of hydrogen-bond acceptors (Lipinski definition) is 5. The van der Waals surface area contributed by atoms with Crippen molar-refractivity contribution in [2.45, 2.75) is 32.7 Å². The highest BCUT2D eigenvalue weighted by atomic mass is 19.4. The highest BCUT2D eigenvalue weighted by Gasteiger charge is 2.40. The Morgan fingerprint density at radius 3 is 2.46 bits per heavy atom. The molecule has 10 heteroatoms. The normalized spacial score (nSPS) is 16.5. The van der Waals surface area contributed by atoms with Crippen LogP contribution in [0.25, 0.3) is 0 Å². The van der Waals surface area contributed by atoms with E-state index in [1.807, 2.05) is 30.0 Å². The lowest BCUT2D eigenvalue weighted by atomic mass is 10.1. The van der Waals surface area contributed by atoms with Crippen molar-refractivity contribution in [3.8, 4) is 0 Å². The van der Waals surface area contributed by atoms with Gasteiger partial charge < -0.3 is 20.1 Å². The Balaban J connectivity index is 1.90. The Hall–Kier alpha value is -2.49. The minimum Gasteiger partial charge on any atom is -0.480 e. The van der Waals surface area contributed by atoms with Gasteiger partial charge in [0.25, 0.3) is 0 Å². The zero-order valence-electron chi connectivity index (χ0n) is 15.8. The van der Waals surface area contributed by atoms with E-state index in [0.717, 1.165) is 23.7 Å². The quantitative estimate of drug-likeness (QED) is 0.760. The third kappa shape index (κ3) is 6.29. The van der Waals surface area contributed by atoms with E-state index in [-0.39, 0.29) is 19.6 Å². The molecule has 1 aliphatic rings. The average Bonchev–Trinajstić information content (AvgIpc) is 2.61. The molecule has 0 aromatic heterocycles. The van der Waals surface area contributed by atoms with Crippen molar-refractivity contribution in [2.75, 3.05) is 38.0 Å². The number of carboxylic acids is 1. The monoisotopic (exact) mass is 403 g/mol. The second-order valence-electron chi connectivity index (χ2n) is 6.74. The zero-order valence-corrected chi connectivity index (χ0v) is 15.8. The Labute approximate surface area is 161 Å². The van der Waals surface area contributed by atoms with Crippen molar-refractivity contribution >= 4 is 17.7 Å². The number of aliphatic carboxylic acids is 1. The lowest BCUT2D eigenvalue weighted by Crippen LogP contribution is -2.49. The second kappa shape index (κ2) is 9.13. The van der Waals surface area contributed by atoms with Crippen LogP contribution in [0, 0.1) is 6.92 Å². The molecule has 1 amide bonds. The molecule has 1 aromatic rings. The number of nitrogens with zero attached hydrogens (tertiary/aromatic N) is 2. The third-order valence-electron chi connectivity index (χ3n) is 4.46. The number of aryl methyl sites for hydroxylation is 1. The third-order valence-corrected chi connectivity index (χ3v) is 4.46. The number of piperazine rings is 1. The minimum atomic E-state index is -4.58. The molecule has 0 aliphatic carbocycles. The first kappa shape index (κ1) is 21.8. The molecule has 0 radical (unpaired) electrons. The lowest BCUT2D eigenvalue weighted by Gasteiger charge is -2.35. The maximum Gasteiger partial charge on any atom is 0.425 e. The number of alkyl halides is 3. The SMILES string of the molecule is Cc1ccc(CN2CCN(C(=O)OC(C)C(F)(F)F)CC2)c(NCC(=O)O)c1. The summed E-state index contributed by atoms with van der Waals surface area (Å²) in [4.78, 5) is 26.0. The van der Waals surface area contributed by atoms with Gasteiger partial charge in [0.1, 0.15) is 6.54 Å². The summed E-state index contributed by atoms with van der Waals surface area (Å²) in [6.45, 7) is 4.50. The number of amides is 1. The molecule has 1 atom stereocenters. The summed E-state index contributed by atoms with van der Waals surface area (Å²) in [5.74, 6) is -0.965. The first-order valence-electron chi connectivity index (χ1n) is 8.86. The molecule has 156 valence electrons. The second-order valence-corrected chi connectivity index (χ2v) is 6.74. The molecule has 7 nitrogen and oxygen atoms in total. The predicted molar refractivity (Wildman–Crippen MR) is 96.2 cm³/mol. The summed E-state index contributed by atoms with van der Waals surface area (Å²) in [6.07, 6.45) is -7.69. The fraction of sp³-hybridized carbons (Fsp3) is 0.556. The number of halogens is 3. The molecule has 28 heavy (non-hydrogen) atoms. The van der Waals surface area contributed by atoms with Gasteiger partial charge >= 0.3 is 18.2 Å². The van der Waals surface area contributed by atoms with E-state index in [9.17, 15) is 22.8 Å². The van der Waals surface area contributed by atoms with E-state index in [2.05, 4.69) is 10.1 Å². The van der Waals surface area contributed by atoms with Crippen LogP contribution in [-0.4, -0.2) is 72.0 Å². The molecule has 1 aliphatic heterocycles. The fourth-order valence-corrected chi connectivity index (χ4v) is 2.79. The summed E-state index contributed by atoms with van der Waals surface area (Å²) in [7, 11) is 0. The van der Waals surface area contributed by atoms with Gasteiger partial charge in [-0.3, -0.25) is 9.69 Å². The number of benzene rings is 1. The number of nitrogens with one attached hydrogen (secondary N) is 1. The van der Waals surface area contributed by atoms with Crippen LogP contribution < -0.4 is 5.32 Å². The van der Waals surface area contributed by atoms with Gasteiger partial charge in [-0.25, -0.2) is 4.79 Å². The number of carbonyl (C=O) groups is 2. The smallest absolute Gasteiger partial charge is 0.425 e. The molecule has 1 heterocycles. The number of anilines is 1. The summed E-state index contributed by atoms with van der Waals surface area (Å²) in [5.41, 5.74) is 2.62. The summed E-state index contributed by atoms with van der Waals surface area (Å²) in [6, 6.07) is 5.70. The largest absolute Gasteiger partial charge is 0.480 e. The van der Waals surface area contributed by atoms with Crippen LogP contribution >= 0.6 is 0 Å². The van der Waals surface area contributed by atoms with E-state index in [1.54, 1.807) is 0 Å². The topological polar surface area (TPSA) is 82.1 Å². The molecular weight excluding hydrogens is 379 g/mol. The highest BCUT2D eigenvalue weighted by molar-refractivity contribution is 5.73. The number of carbonyl (C=O) groups excluding carboxylic acids is 1. The Morgan fingerprint density at radius 2 is 1.89 bits per heavy atom. The average molecular weight is 403 g/mol. The van der Waals surface area contributed by atoms with Crippen LogP contribution in [-0.2, 0) is 16.1 Å². The number of carboxylic acid groups (broad SMARTS) is 1. The van der Waals surface area contributed by atoms with Crippen molar-refractivity contribution in [1.29, 1.82) is 0 Å². The van der Waals surface area contributed by atoms with E-state index >= 15 is 0 Å². The van der Waals surface area contributed by atoms with E-state index in [4.69, 9.17) is 5.11 Å². The molecular formula is C18H24F3N3O4. The van der Waals surface area contributed by atoms with Crippen molar-refractivity contribution in [3.05, 3.63) is 29.3 Å². The number of hydrogen-bond donors (Lipinski definition) is 2. The van der Waals surface area contributed by atoms with Gasteiger partial charge in [0.15, 0.2) is 6.10 Å². The lowest BCUT2D eigenvalue weighted by molar-refractivity contribution is -0.200. The molecule has 0 bridgehead atoms. The Morgan fingerprint density at radius 1 is 1.25 bits per heavy atom. The van der Waals surface area contributed by atoms with E-state index in [0.29, 0.717) is 19.6 Å². The molecule has 1 unspecified atom stereocenters. The molecule has 2 N–H and O–H groups in total.